The van der Waals surface area contributed by atoms with Crippen molar-refractivity contribution in [1.29, 1.82) is 0 Å². The van der Waals surface area contributed by atoms with Crippen LogP contribution in [0.15, 0.2) is 0 Å². The minimum Gasteiger partial charge on any atom is -0.383 e. The number of ether oxygens (including phenoxy) is 2. The molecule has 2 N–H and O–H groups in total. The number of rotatable bonds is 4. The summed E-state index contributed by atoms with van der Waals surface area (Å²) in [5, 5.41) is 0. The first kappa shape index (κ1) is 10.9. The SMILES string of the molecule is COCCN(C)C1COCCC1N. The van der Waals surface area contributed by atoms with Crippen LogP contribution in [-0.2, 0) is 9.47 Å². The van der Waals surface area contributed by atoms with Gasteiger partial charge in [0, 0.05) is 32.3 Å². The van der Waals surface area contributed by atoms with Gasteiger partial charge < -0.3 is 15.2 Å². The maximum atomic E-state index is 5.99. The average molecular weight is 188 g/mol. The summed E-state index contributed by atoms with van der Waals surface area (Å²) in [5.41, 5.74) is 5.99. The zero-order chi connectivity index (χ0) is 9.68. The van der Waals surface area contributed by atoms with Crippen LogP contribution in [-0.4, -0.2) is 57.5 Å². The van der Waals surface area contributed by atoms with Crippen LogP contribution >= 0.6 is 0 Å². The van der Waals surface area contributed by atoms with E-state index in [-0.39, 0.29) is 6.04 Å². The van der Waals surface area contributed by atoms with Gasteiger partial charge in [-0.25, -0.2) is 0 Å². The van der Waals surface area contributed by atoms with Crippen LogP contribution in [0.1, 0.15) is 6.42 Å². The fourth-order valence-corrected chi connectivity index (χ4v) is 1.59. The summed E-state index contributed by atoms with van der Waals surface area (Å²) in [6.07, 6.45) is 0.960. The van der Waals surface area contributed by atoms with Crippen molar-refractivity contribution in [2.24, 2.45) is 5.73 Å². The van der Waals surface area contributed by atoms with Crippen molar-refractivity contribution < 1.29 is 9.47 Å². The lowest BCUT2D eigenvalue weighted by Gasteiger charge is -2.35. The molecule has 4 heteroatoms. The minimum atomic E-state index is 0.246. The summed E-state index contributed by atoms with van der Waals surface area (Å²) in [7, 11) is 3.78. The highest BCUT2D eigenvalue weighted by Crippen LogP contribution is 2.10. The van der Waals surface area contributed by atoms with Crippen molar-refractivity contribution in [2.75, 3.05) is 40.5 Å². The van der Waals surface area contributed by atoms with Crippen LogP contribution in [0, 0.1) is 0 Å². The smallest absolute Gasteiger partial charge is 0.0636 e. The highest BCUT2D eigenvalue weighted by Gasteiger charge is 2.25. The Balaban J connectivity index is 2.30. The van der Waals surface area contributed by atoms with Crippen molar-refractivity contribution in [3.8, 4) is 0 Å². The van der Waals surface area contributed by atoms with Gasteiger partial charge in [-0.05, 0) is 13.5 Å². The Morgan fingerprint density at radius 3 is 3.00 bits per heavy atom. The van der Waals surface area contributed by atoms with Crippen molar-refractivity contribution in [2.45, 2.75) is 18.5 Å². The van der Waals surface area contributed by atoms with Gasteiger partial charge in [0.25, 0.3) is 0 Å². The van der Waals surface area contributed by atoms with E-state index in [1.54, 1.807) is 7.11 Å². The lowest BCUT2D eigenvalue weighted by atomic mass is 10.0. The van der Waals surface area contributed by atoms with E-state index >= 15 is 0 Å². The van der Waals surface area contributed by atoms with E-state index in [2.05, 4.69) is 11.9 Å². The van der Waals surface area contributed by atoms with Gasteiger partial charge in [-0.3, -0.25) is 4.90 Å². The summed E-state index contributed by atoms with van der Waals surface area (Å²) in [5.74, 6) is 0. The van der Waals surface area contributed by atoms with Crippen molar-refractivity contribution >= 4 is 0 Å². The van der Waals surface area contributed by atoms with Gasteiger partial charge in [0.1, 0.15) is 0 Å². The molecular formula is C9H20N2O2. The highest BCUT2D eigenvalue weighted by molar-refractivity contribution is 4.83. The van der Waals surface area contributed by atoms with E-state index in [1.165, 1.54) is 0 Å². The molecule has 0 radical (unpaired) electrons. The zero-order valence-corrected chi connectivity index (χ0v) is 8.53. The molecule has 0 spiro atoms. The predicted octanol–water partition coefficient (Wildman–Crippen LogP) is -0.319. The molecule has 1 aliphatic rings. The Hall–Kier alpha value is -0.160. The van der Waals surface area contributed by atoms with Gasteiger partial charge in [0.2, 0.25) is 0 Å². The third kappa shape index (κ3) is 3.23. The molecule has 1 fully saturated rings. The first-order valence-electron chi connectivity index (χ1n) is 4.78. The van der Waals surface area contributed by atoms with Crippen LogP contribution in [0.2, 0.25) is 0 Å². The summed E-state index contributed by atoms with van der Waals surface area (Å²) in [6, 6.07) is 0.597. The van der Waals surface area contributed by atoms with Crippen molar-refractivity contribution in [3.63, 3.8) is 0 Å². The van der Waals surface area contributed by atoms with E-state index < -0.39 is 0 Å². The summed E-state index contributed by atoms with van der Waals surface area (Å²) in [6.45, 7) is 3.22. The number of nitrogens with zero attached hydrogens (tertiary/aromatic N) is 1. The number of hydrogen-bond acceptors (Lipinski definition) is 4. The molecule has 78 valence electrons. The molecule has 2 unspecified atom stereocenters. The van der Waals surface area contributed by atoms with Crippen molar-refractivity contribution in [1.82, 2.24) is 4.90 Å². The quantitative estimate of drug-likeness (QED) is 0.657. The third-order valence-electron chi connectivity index (χ3n) is 2.59. The largest absolute Gasteiger partial charge is 0.383 e. The Morgan fingerprint density at radius 2 is 2.38 bits per heavy atom. The van der Waals surface area contributed by atoms with Crippen LogP contribution in [0.5, 0.6) is 0 Å². The highest BCUT2D eigenvalue weighted by atomic mass is 16.5. The second kappa shape index (κ2) is 5.54. The fourth-order valence-electron chi connectivity index (χ4n) is 1.59. The average Bonchev–Trinajstić information content (AvgIpc) is 2.15. The van der Waals surface area contributed by atoms with Gasteiger partial charge in [0.15, 0.2) is 0 Å². The molecular weight excluding hydrogens is 168 g/mol. The first-order chi connectivity index (χ1) is 6.25. The molecule has 0 amide bonds. The molecule has 13 heavy (non-hydrogen) atoms. The van der Waals surface area contributed by atoms with Gasteiger partial charge >= 0.3 is 0 Å². The predicted molar refractivity (Wildman–Crippen MR) is 51.7 cm³/mol. The maximum absolute atomic E-state index is 5.99. The molecule has 0 bridgehead atoms. The third-order valence-corrected chi connectivity index (χ3v) is 2.59. The summed E-state index contributed by atoms with van der Waals surface area (Å²) >= 11 is 0. The van der Waals surface area contributed by atoms with E-state index in [1.807, 2.05) is 0 Å². The molecule has 4 nitrogen and oxygen atoms in total. The maximum Gasteiger partial charge on any atom is 0.0636 e. The van der Waals surface area contributed by atoms with E-state index in [0.717, 1.165) is 32.8 Å². The van der Waals surface area contributed by atoms with Gasteiger partial charge in [0.05, 0.1) is 13.2 Å². The topological polar surface area (TPSA) is 47.7 Å². The van der Waals surface area contributed by atoms with E-state index in [4.69, 9.17) is 15.2 Å². The van der Waals surface area contributed by atoms with Crippen LogP contribution in [0.4, 0.5) is 0 Å². The number of methoxy groups -OCH3 is 1. The molecule has 0 aliphatic carbocycles. The summed E-state index contributed by atoms with van der Waals surface area (Å²) < 4.78 is 10.4. The Bertz CT molecular complexity index is 144. The first-order valence-corrected chi connectivity index (χ1v) is 4.78. The number of nitrogens with two attached hydrogens (primary N) is 1. The molecule has 0 aromatic rings. The zero-order valence-electron chi connectivity index (χ0n) is 8.53. The second-order valence-corrected chi connectivity index (χ2v) is 3.57. The molecule has 0 saturated carbocycles. The Kier molecular flexibility index (Phi) is 4.66. The Labute approximate surface area is 80.0 Å². The lowest BCUT2D eigenvalue weighted by molar-refractivity contribution is 0.00816. The normalized spacial score (nSPS) is 29.5. The van der Waals surface area contributed by atoms with E-state index in [0.29, 0.717) is 6.04 Å². The van der Waals surface area contributed by atoms with Crippen molar-refractivity contribution in [3.05, 3.63) is 0 Å². The lowest BCUT2D eigenvalue weighted by Crippen LogP contribution is -2.52. The number of likely N-dealkylation sites (N-methyl/N-ethyl adjacent to an activating group) is 1. The molecule has 2 atom stereocenters. The molecule has 0 aromatic heterocycles. The monoisotopic (exact) mass is 188 g/mol. The van der Waals surface area contributed by atoms with Crippen LogP contribution in [0.25, 0.3) is 0 Å². The molecule has 1 aliphatic heterocycles. The van der Waals surface area contributed by atoms with Gasteiger partial charge in [-0.15, -0.1) is 0 Å². The molecule has 1 rings (SSSR count). The summed E-state index contributed by atoms with van der Waals surface area (Å²) in [4.78, 5) is 2.22. The number of hydrogen-bond donors (Lipinski definition) is 1. The van der Waals surface area contributed by atoms with Gasteiger partial charge in [-0.2, -0.15) is 0 Å². The van der Waals surface area contributed by atoms with Gasteiger partial charge in [-0.1, -0.05) is 0 Å². The Morgan fingerprint density at radius 1 is 1.62 bits per heavy atom. The second-order valence-electron chi connectivity index (χ2n) is 3.57. The van der Waals surface area contributed by atoms with Crippen LogP contribution in [0.3, 0.4) is 0 Å². The van der Waals surface area contributed by atoms with E-state index in [9.17, 15) is 0 Å². The molecule has 1 saturated heterocycles. The van der Waals surface area contributed by atoms with Crippen LogP contribution < -0.4 is 5.73 Å². The molecule has 1 heterocycles. The molecule has 0 aromatic carbocycles. The standard InChI is InChI=1S/C9H20N2O2/c1-11(4-6-12-2)9-7-13-5-3-8(9)10/h8-9H,3-7,10H2,1-2H3. The fraction of sp³-hybridized carbons (Fsp3) is 1.00. The minimum absolute atomic E-state index is 0.246.